The summed E-state index contributed by atoms with van der Waals surface area (Å²) in [5.41, 5.74) is 0.491. The molecule has 0 N–H and O–H groups in total. The van der Waals surface area contributed by atoms with E-state index in [1.165, 1.54) is 45.3 Å². The molecule has 0 aliphatic carbocycles. The SMILES string of the molecule is CCC(CC)(CBr)CN1CCC(N(C)C)CC1. The average molecular weight is 305 g/mol. The Morgan fingerprint density at radius 1 is 1.18 bits per heavy atom. The molecule has 2 nitrogen and oxygen atoms in total. The van der Waals surface area contributed by atoms with Gasteiger partial charge in [0, 0.05) is 17.9 Å². The molecule has 0 amide bonds. The highest BCUT2D eigenvalue weighted by atomic mass is 79.9. The summed E-state index contributed by atoms with van der Waals surface area (Å²) in [6, 6.07) is 0.799. The summed E-state index contributed by atoms with van der Waals surface area (Å²) in [5.74, 6) is 0. The summed E-state index contributed by atoms with van der Waals surface area (Å²) in [4.78, 5) is 5.06. The van der Waals surface area contributed by atoms with E-state index in [4.69, 9.17) is 0 Å². The smallest absolute Gasteiger partial charge is 0.0113 e. The van der Waals surface area contributed by atoms with Gasteiger partial charge in [-0.15, -0.1) is 0 Å². The van der Waals surface area contributed by atoms with Crippen molar-refractivity contribution >= 4 is 15.9 Å². The summed E-state index contributed by atoms with van der Waals surface area (Å²) < 4.78 is 0. The zero-order chi connectivity index (χ0) is 12.9. The monoisotopic (exact) mass is 304 g/mol. The first kappa shape index (κ1) is 15.5. The molecule has 102 valence electrons. The summed E-state index contributed by atoms with van der Waals surface area (Å²) in [5, 5.41) is 1.14. The van der Waals surface area contributed by atoms with Crippen LogP contribution in [0.15, 0.2) is 0 Å². The van der Waals surface area contributed by atoms with Crippen molar-refractivity contribution in [3.63, 3.8) is 0 Å². The number of nitrogens with zero attached hydrogens (tertiary/aromatic N) is 2. The van der Waals surface area contributed by atoms with Crippen LogP contribution >= 0.6 is 15.9 Å². The molecule has 0 spiro atoms. The van der Waals surface area contributed by atoms with Crippen molar-refractivity contribution in [2.45, 2.75) is 45.6 Å². The number of hydrogen-bond donors (Lipinski definition) is 0. The molecule has 1 aliphatic rings. The first-order chi connectivity index (χ1) is 8.06. The number of likely N-dealkylation sites (tertiary alicyclic amines) is 1. The fourth-order valence-corrected chi connectivity index (χ4v) is 3.74. The predicted molar refractivity (Wildman–Crippen MR) is 80.0 cm³/mol. The molecule has 0 bridgehead atoms. The number of rotatable bonds is 6. The summed E-state index contributed by atoms with van der Waals surface area (Å²) in [6.07, 6.45) is 5.22. The van der Waals surface area contributed by atoms with Crippen LogP contribution in [0.5, 0.6) is 0 Å². The average Bonchev–Trinajstić information content (AvgIpc) is 2.37. The van der Waals surface area contributed by atoms with Gasteiger partial charge in [-0.25, -0.2) is 0 Å². The van der Waals surface area contributed by atoms with E-state index in [0.717, 1.165) is 11.4 Å². The molecule has 0 atom stereocenters. The highest BCUT2D eigenvalue weighted by molar-refractivity contribution is 9.09. The van der Waals surface area contributed by atoms with Crippen molar-refractivity contribution in [1.29, 1.82) is 0 Å². The van der Waals surface area contributed by atoms with Gasteiger partial charge in [0.25, 0.3) is 0 Å². The fourth-order valence-electron chi connectivity index (χ4n) is 2.77. The Hall–Kier alpha value is 0.400. The molecule has 17 heavy (non-hydrogen) atoms. The van der Waals surface area contributed by atoms with E-state index in [-0.39, 0.29) is 0 Å². The Kier molecular flexibility index (Phi) is 6.46. The Labute approximate surface area is 116 Å². The number of piperidine rings is 1. The maximum atomic E-state index is 3.72. The minimum atomic E-state index is 0.491. The first-order valence-corrected chi connectivity index (χ1v) is 8.13. The second-order valence-corrected chi connectivity index (χ2v) is 6.37. The lowest BCUT2D eigenvalue weighted by molar-refractivity contribution is 0.0993. The van der Waals surface area contributed by atoms with Gasteiger partial charge in [-0.3, -0.25) is 0 Å². The van der Waals surface area contributed by atoms with Crippen molar-refractivity contribution < 1.29 is 0 Å². The normalized spacial score (nSPS) is 20.1. The van der Waals surface area contributed by atoms with E-state index in [2.05, 4.69) is 53.7 Å². The van der Waals surface area contributed by atoms with Crippen molar-refractivity contribution in [3.05, 3.63) is 0 Å². The largest absolute Gasteiger partial charge is 0.306 e. The molecule has 0 unspecified atom stereocenters. The molecule has 3 heteroatoms. The maximum absolute atomic E-state index is 3.72. The van der Waals surface area contributed by atoms with Crippen LogP contribution in [0.1, 0.15) is 39.5 Å². The van der Waals surface area contributed by atoms with Gasteiger partial charge in [0.05, 0.1) is 0 Å². The van der Waals surface area contributed by atoms with Crippen LogP contribution in [-0.4, -0.2) is 54.9 Å². The summed E-state index contributed by atoms with van der Waals surface area (Å²) in [7, 11) is 4.42. The van der Waals surface area contributed by atoms with Gasteiger partial charge in [0.1, 0.15) is 0 Å². The minimum absolute atomic E-state index is 0.491. The summed E-state index contributed by atoms with van der Waals surface area (Å²) in [6.45, 7) is 8.48. The predicted octanol–water partition coefficient (Wildman–Crippen LogP) is 3.21. The maximum Gasteiger partial charge on any atom is 0.0113 e. The van der Waals surface area contributed by atoms with Gasteiger partial charge in [0.2, 0.25) is 0 Å². The number of hydrogen-bond acceptors (Lipinski definition) is 2. The lowest BCUT2D eigenvalue weighted by Crippen LogP contribution is -2.46. The lowest BCUT2D eigenvalue weighted by atomic mass is 9.83. The molecule has 1 fully saturated rings. The van der Waals surface area contributed by atoms with Crippen molar-refractivity contribution in [3.8, 4) is 0 Å². The highest BCUT2D eigenvalue weighted by Crippen LogP contribution is 2.31. The number of halogens is 1. The number of alkyl halides is 1. The van der Waals surface area contributed by atoms with Gasteiger partial charge in [-0.05, 0) is 58.3 Å². The van der Waals surface area contributed by atoms with Gasteiger partial charge >= 0.3 is 0 Å². The van der Waals surface area contributed by atoms with E-state index in [1.807, 2.05) is 0 Å². The van der Waals surface area contributed by atoms with Gasteiger partial charge in [0.15, 0.2) is 0 Å². The van der Waals surface area contributed by atoms with Crippen molar-refractivity contribution in [1.82, 2.24) is 9.80 Å². The van der Waals surface area contributed by atoms with Crippen LogP contribution in [-0.2, 0) is 0 Å². The van der Waals surface area contributed by atoms with E-state index in [1.54, 1.807) is 0 Å². The quantitative estimate of drug-likeness (QED) is 0.695. The third kappa shape index (κ3) is 4.22. The van der Waals surface area contributed by atoms with Gasteiger partial charge in [-0.2, -0.15) is 0 Å². The molecule has 1 rings (SSSR count). The molecular weight excluding hydrogens is 276 g/mol. The molecule has 1 saturated heterocycles. The molecule has 0 aromatic rings. The second-order valence-electron chi connectivity index (χ2n) is 5.81. The van der Waals surface area contributed by atoms with Crippen molar-refractivity contribution in [2.24, 2.45) is 5.41 Å². The standard InChI is InChI=1S/C14H29BrN2/c1-5-14(6-2,11-15)12-17-9-7-13(8-10-17)16(3)4/h13H,5-12H2,1-4H3. The first-order valence-electron chi connectivity index (χ1n) is 7.01. The second kappa shape index (κ2) is 7.10. The van der Waals surface area contributed by atoms with Gasteiger partial charge < -0.3 is 9.80 Å². The molecular formula is C14H29BrN2. The van der Waals surface area contributed by atoms with Crippen LogP contribution in [0.2, 0.25) is 0 Å². The zero-order valence-electron chi connectivity index (χ0n) is 12.0. The van der Waals surface area contributed by atoms with Crippen LogP contribution in [0.3, 0.4) is 0 Å². The Balaban J connectivity index is 2.44. The van der Waals surface area contributed by atoms with Crippen LogP contribution < -0.4 is 0 Å². The molecule has 0 aromatic carbocycles. The lowest BCUT2D eigenvalue weighted by Gasteiger charge is -2.40. The minimum Gasteiger partial charge on any atom is -0.306 e. The topological polar surface area (TPSA) is 6.48 Å². The molecule has 0 radical (unpaired) electrons. The van der Waals surface area contributed by atoms with Crippen molar-refractivity contribution in [2.75, 3.05) is 39.1 Å². The van der Waals surface area contributed by atoms with Crippen LogP contribution in [0.4, 0.5) is 0 Å². The zero-order valence-corrected chi connectivity index (χ0v) is 13.6. The Bertz CT molecular complexity index is 198. The third-order valence-electron chi connectivity index (χ3n) is 4.63. The Morgan fingerprint density at radius 2 is 1.71 bits per heavy atom. The fraction of sp³-hybridized carbons (Fsp3) is 1.00. The van der Waals surface area contributed by atoms with Gasteiger partial charge in [-0.1, -0.05) is 29.8 Å². The van der Waals surface area contributed by atoms with Crippen LogP contribution in [0, 0.1) is 5.41 Å². The Morgan fingerprint density at radius 3 is 2.06 bits per heavy atom. The molecule has 1 aliphatic heterocycles. The van der Waals surface area contributed by atoms with Crippen LogP contribution in [0.25, 0.3) is 0 Å². The van der Waals surface area contributed by atoms with E-state index < -0.39 is 0 Å². The molecule has 0 aromatic heterocycles. The molecule has 0 saturated carbocycles. The van der Waals surface area contributed by atoms with E-state index in [0.29, 0.717) is 5.41 Å². The third-order valence-corrected chi connectivity index (χ3v) is 5.82. The summed E-state index contributed by atoms with van der Waals surface area (Å²) >= 11 is 3.72. The van der Waals surface area contributed by atoms with E-state index >= 15 is 0 Å². The highest BCUT2D eigenvalue weighted by Gasteiger charge is 2.30. The van der Waals surface area contributed by atoms with E-state index in [9.17, 15) is 0 Å². The molecule has 1 heterocycles.